The van der Waals surface area contributed by atoms with Crippen molar-refractivity contribution in [2.24, 2.45) is 5.92 Å². The van der Waals surface area contributed by atoms with Crippen molar-refractivity contribution in [1.82, 2.24) is 4.90 Å². The molecule has 0 radical (unpaired) electrons. The topological polar surface area (TPSA) is 78.6 Å². The third-order valence-electron chi connectivity index (χ3n) is 3.68. The second kappa shape index (κ2) is 6.61. The standard InChI is InChI=1S/C15H23N3O2/c1-11(10-18-6-2-3-7-18)9-17-14-8-12(16)4-5-13(14)15(19)20/h4-5,8,11,17H,2-3,6-7,9-10,16H2,1H3,(H,19,20). The Morgan fingerprint density at radius 2 is 2.15 bits per heavy atom. The lowest BCUT2D eigenvalue weighted by atomic mass is 10.1. The van der Waals surface area contributed by atoms with Crippen LogP contribution in [0.3, 0.4) is 0 Å². The molecule has 0 spiro atoms. The van der Waals surface area contributed by atoms with Crippen LogP contribution in [0.2, 0.25) is 0 Å². The molecule has 0 aromatic heterocycles. The maximum atomic E-state index is 11.2. The molecule has 5 heteroatoms. The smallest absolute Gasteiger partial charge is 0.337 e. The van der Waals surface area contributed by atoms with E-state index in [1.54, 1.807) is 18.2 Å². The van der Waals surface area contributed by atoms with Crippen molar-refractivity contribution in [2.75, 3.05) is 37.2 Å². The van der Waals surface area contributed by atoms with Gasteiger partial charge in [0.05, 0.1) is 11.3 Å². The minimum absolute atomic E-state index is 0.271. The van der Waals surface area contributed by atoms with E-state index in [0.717, 1.165) is 13.1 Å². The van der Waals surface area contributed by atoms with Gasteiger partial charge in [-0.1, -0.05) is 6.92 Å². The van der Waals surface area contributed by atoms with Gasteiger partial charge in [0, 0.05) is 18.8 Å². The number of hydrogen-bond donors (Lipinski definition) is 3. The largest absolute Gasteiger partial charge is 0.478 e. The number of rotatable bonds is 6. The minimum Gasteiger partial charge on any atom is -0.478 e. The van der Waals surface area contributed by atoms with E-state index in [9.17, 15) is 4.79 Å². The van der Waals surface area contributed by atoms with E-state index >= 15 is 0 Å². The zero-order valence-corrected chi connectivity index (χ0v) is 11.9. The highest BCUT2D eigenvalue weighted by Gasteiger charge is 2.15. The number of benzene rings is 1. The summed E-state index contributed by atoms with van der Waals surface area (Å²) < 4.78 is 0. The fourth-order valence-corrected chi connectivity index (χ4v) is 2.65. The molecule has 5 nitrogen and oxygen atoms in total. The van der Waals surface area contributed by atoms with Crippen molar-refractivity contribution < 1.29 is 9.90 Å². The van der Waals surface area contributed by atoms with Crippen molar-refractivity contribution in [3.63, 3.8) is 0 Å². The maximum absolute atomic E-state index is 11.2. The summed E-state index contributed by atoms with van der Waals surface area (Å²) in [4.78, 5) is 13.6. The van der Waals surface area contributed by atoms with Crippen LogP contribution in [0, 0.1) is 5.92 Å². The van der Waals surface area contributed by atoms with Gasteiger partial charge in [-0.15, -0.1) is 0 Å². The van der Waals surface area contributed by atoms with E-state index in [1.807, 2.05) is 0 Å². The van der Waals surface area contributed by atoms with Crippen LogP contribution in [-0.4, -0.2) is 42.2 Å². The number of anilines is 2. The van der Waals surface area contributed by atoms with Gasteiger partial charge in [-0.3, -0.25) is 0 Å². The molecule has 1 heterocycles. The predicted molar refractivity (Wildman–Crippen MR) is 81.1 cm³/mol. The highest BCUT2D eigenvalue weighted by molar-refractivity contribution is 5.95. The monoisotopic (exact) mass is 277 g/mol. The second-order valence-corrected chi connectivity index (χ2v) is 5.60. The Kier molecular flexibility index (Phi) is 4.84. The minimum atomic E-state index is -0.931. The Hall–Kier alpha value is -1.75. The lowest BCUT2D eigenvalue weighted by Gasteiger charge is -2.21. The Labute approximate surface area is 119 Å². The summed E-state index contributed by atoms with van der Waals surface area (Å²) in [5.41, 5.74) is 7.17. The molecule has 2 rings (SSSR count). The molecule has 0 bridgehead atoms. The van der Waals surface area contributed by atoms with Gasteiger partial charge in [0.2, 0.25) is 0 Å². The lowest BCUT2D eigenvalue weighted by molar-refractivity contribution is 0.0698. The SMILES string of the molecule is CC(CNc1cc(N)ccc1C(=O)O)CN1CCCC1. The lowest BCUT2D eigenvalue weighted by Crippen LogP contribution is -2.29. The average molecular weight is 277 g/mol. The number of nitrogens with zero attached hydrogens (tertiary/aromatic N) is 1. The normalized spacial score (nSPS) is 17.1. The Morgan fingerprint density at radius 1 is 1.45 bits per heavy atom. The summed E-state index contributed by atoms with van der Waals surface area (Å²) in [6.07, 6.45) is 2.58. The Balaban J connectivity index is 1.92. The molecular weight excluding hydrogens is 254 g/mol. The molecule has 20 heavy (non-hydrogen) atoms. The number of nitrogens with two attached hydrogens (primary N) is 1. The van der Waals surface area contributed by atoms with E-state index in [-0.39, 0.29) is 5.56 Å². The third kappa shape index (κ3) is 3.87. The number of nitrogen functional groups attached to an aromatic ring is 1. The first-order chi connectivity index (χ1) is 9.56. The zero-order valence-electron chi connectivity index (χ0n) is 11.9. The van der Waals surface area contributed by atoms with Gasteiger partial charge in [0.15, 0.2) is 0 Å². The first kappa shape index (κ1) is 14.7. The summed E-state index contributed by atoms with van der Waals surface area (Å²) in [5.74, 6) is -0.462. The number of carbonyl (C=O) groups is 1. The predicted octanol–water partition coefficient (Wildman–Crippen LogP) is 2.11. The van der Waals surface area contributed by atoms with Crippen LogP contribution in [-0.2, 0) is 0 Å². The van der Waals surface area contributed by atoms with Crippen LogP contribution >= 0.6 is 0 Å². The Morgan fingerprint density at radius 3 is 2.80 bits per heavy atom. The van der Waals surface area contributed by atoms with Crippen molar-refractivity contribution in [1.29, 1.82) is 0 Å². The molecule has 1 aliphatic rings. The van der Waals surface area contributed by atoms with E-state index in [0.29, 0.717) is 17.3 Å². The quantitative estimate of drug-likeness (QED) is 0.694. The molecule has 1 saturated heterocycles. The van der Waals surface area contributed by atoms with E-state index in [1.165, 1.54) is 25.9 Å². The van der Waals surface area contributed by atoms with E-state index in [2.05, 4.69) is 17.1 Å². The van der Waals surface area contributed by atoms with Crippen molar-refractivity contribution in [3.8, 4) is 0 Å². The number of hydrogen-bond acceptors (Lipinski definition) is 4. The summed E-state index contributed by atoms with van der Waals surface area (Å²) in [6.45, 7) is 6.35. The van der Waals surface area contributed by atoms with Crippen LogP contribution in [0.5, 0.6) is 0 Å². The van der Waals surface area contributed by atoms with Crippen molar-refractivity contribution in [3.05, 3.63) is 23.8 Å². The molecule has 1 atom stereocenters. The molecular formula is C15H23N3O2. The number of carboxylic acid groups (broad SMARTS) is 1. The Bertz CT molecular complexity index is 470. The highest BCUT2D eigenvalue weighted by atomic mass is 16.4. The van der Waals surface area contributed by atoms with E-state index in [4.69, 9.17) is 10.8 Å². The van der Waals surface area contributed by atoms with Crippen LogP contribution in [0.25, 0.3) is 0 Å². The van der Waals surface area contributed by atoms with Crippen LogP contribution in [0.1, 0.15) is 30.1 Å². The van der Waals surface area contributed by atoms with Gasteiger partial charge in [-0.25, -0.2) is 4.79 Å². The molecule has 0 aliphatic carbocycles. The summed E-state index contributed by atoms with van der Waals surface area (Å²) >= 11 is 0. The summed E-state index contributed by atoms with van der Waals surface area (Å²) in [6, 6.07) is 4.85. The molecule has 1 aliphatic heterocycles. The van der Waals surface area contributed by atoms with Gasteiger partial charge in [0.1, 0.15) is 0 Å². The highest BCUT2D eigenvalue weighted by Crippen LogP contribution is 2.20. The first-order valence-electron chi connectivity index (χ1n) is 7.15. The van der Waals surface area contributed by atoms with Gasteiger partial charge in [0.25, 0.3) is 0 Å². The number of likely N-dealkylation sites (tertiary alicyclic amines) is 1. The van der Waals surface area contributed by atoms with Gasteiger partial charge in [-0.05, 0) is 50.0 Å². The van der Waals surface area contributed by atoms with Gasteiger partial charge in [-0.2, -0.15) is 0 Å². The third-order valence-corrected chi connectivity index (χ3v) is 3.68. The molecule has 1 aromatic carbocycles. The molecule has 1 aromatic rings. The second-order valence-electron chi connectivity index (χ2n) is 5.60. The summed E-state index contributed by atoms with van der Waals surface area (Å²) in [7, 11) is 0. The number of nitrogens with one attached hydrogen (secondary N) is 1. The maximum Gasteiger partial charge on any atom is 0.337 e. The van der Waals surface area contributed by atoms with Gasteiger partial charge >= 0.3 is 5.97 Å². The molecule has 0 amide bonds. The van der Waals surface area contributed by atoms with Crippen molar-refractivity contribution in [2.45, 2.75) is 19.8 Å². The number of aromatic carboxylic acids is 1. The van der Waals surface area contributed by atoms with E-state index < -0.39 is 5.97 Å². The van der Waals surface area contributed by atoms with Crippen molar-refractivity contribution >= 4 is 17.3 Å². The summed E-state index contributed by atoms with van der Waals surface area (Å²) in [5, 5.41) is 12.4. The van der Waals surface area contributed by atoms with Crippen LogP contribution in [0.15, 0.2) is 18.2 Å². The fourth-order valence-electron chi connectivity index (χ4n) is 2.65. The molecule has 1 unspecified atom stereocenters. The molecule has 4 N–H and O–H groups in total. The molecule has 0 saturated carbocycles. The number of carboxylic acids is 1. The molecule has 1 fully saturated rings. The van der Waals surface area contributed by atoms with Crippen LogP contribution in [0.4, 0.5) is 11.4 Å². The first-order valence-corrected chi connectivity index (χ1v) is 7.15. The van der Waals surface area contributed by atoms with Crippen LogP contribution < -0.4 is 11.1 Å². The molecule has 110 valence electrons. The zero-order chi connectivity index (χ0) is 14.5. The fraction of sp³-hybridized carbons (Fsp3) is 0.533. The van der Waals surface area contributed by atoms with Gasteiger partial charge < -0.3 is 21.1 Å². The average Bonchev–Trinajstić information content (AvgIpc) is 2.89.